The Morgan fingerprint density at radius 1 is 0.841 bits per heavy atom. The minimum absolute atomic E-state index is 0.0373. The van der Waals surface area contributed by atoms with Crippen LogP contribution in [0.15, 0.2) is 91.1 Å². The zero-order valence-corrected chi connectivity index (χ0v) is 24.8. The van der Waals surface area contributed by atoms with Gasteiger partial charge in [0.05, 0.1) is 0 Å². The van der Waals surface area contributed by atoms with Crippen LogP contribution in [0, 0.1) is 5.82 Å². The SMILES string of the molecule is CN(C)CCN(C)C(=O)c1ccc(OCNc2nc3ccc(-c4ccc(C(=O)NCc5ccc(F)cc5)cc4)cn3n2)cc1. The maximum absolute atomic E-state index is 13.1. The number of fused-ring (bicyclic) bond motifs is 1. The number of likely N-dealkylation sites (N-methyl/N-ethyl adjacent to an activating group) is 2. The molecule has 2 heterocycles. The van der Waals surface area contributed by atoms with Crippen molar-refractivity contribution >= 4 is 23.4 Å². The first-order valence-electron chi connectivity index (χ1n) is 14.1. The van der Waals surface area contributed by atoms with Crippen molar-refractivity contribution in [3.05, 3.63) is 114 Å². The Kier molecular flexibility index (Phi) is 9.46. The Morgan fingerprint density at radius 2 is 1.52 bits per heavy atom. The van der Waals surface area contributed by atoms with Crippen molar-refractivity contribution in [3.8, 4) is 16.9 Å². The minimum atomic E-state index is -0.311. The number of amides is 2. The number of benzene rings is 3. The second-order valence-electron chi connectivity index (χ2n) is 10.6. The van der Waals surface area contributed by atoms with E-state index >= 15 is 0 Å². The minimum Gasteiger partial charge on any atom is -0.473 e. The summed E-state index contributed by atoms with van der Waals surface area (Å²) in [5.74, 6) is 0.463. The smallest absolute Gasteiger partial charge is 0.253 e. The van der Waals surface area contributed by atoms with Gasteiger partial charge in [-0.1, -0.05) is 24.3 Å². The first-order chi connectivity index (χ1) is 21.2. The highest BCUT2D eigenvalue weighted by atomic mass is 19.1. The highest BCUT2D eigenvalue weighted by Crippen LogP contribution is 2.21. The standard InChI is InChI=1S/C33H34FN7O3/c1-39(2)18-19-40(3)32(43)26-10-15-29(16-11-26)44-22-36-33-37-30-17-12-27(21-41(30)38-33)24-6-8-25(9-7-24)31(42)35-20-23-4-13-28(34)14-5-23/h4-17,21H,18-20,22H2,1-3H3,(H,35,42)(H,36,38). The molecule has 44 heavy (non-hydrogen) atoms. The van der Waals surface area contributed by atoms with Gasteiger partial charge < -0.3 is 25.2 Å². The Morgan fingerprint density at radius 3 is 2.23 bits per heavy atom. The maximum Gasteiger partial charge on any atom is 0.253 e. The van der Waals surface area contributed by atoms with Crippen LogP contribution in [0.25, 0.3) is 16.8 Å². The van der Waals surface area contributed by atoms with Gasteiger partial charge in [0.15, 0.2) is 12.4 Å². The quantitative estimate of drug-likeness (QED) is 0.204. The molecule has 10 nitrogen and oxygen atoms in total. The molecule has 0 saturated heterocycles. The van der Waals surface area contributed by atoms with Gasteiger partial charge in [-0.2, -0.15) is 4.98 Å². The highest BCUT2D eigenvalue weighted by Gasteiger charge is 2.12. The normalized spacial score (nSPS) is 11.0. The molecule has 0 radical (unpaired) electrons. The Bertz CT molecular complexity index is 1720. The first-order valence-corrected chi connectivity index (χ1v) is 14.1. The Labute approximate surface area is 255 Å². The van der Waals surface area contributed by atoms with E-state index in [9.17, 15) is 14.0 Å². The summed E-state index contributed by atoms with van der Waals surface area (Å²) in [7, 11) is 5.74. The zero-order valence-electron chi connectivity index (χ0n) is 24.8. The molecule has 3 aromatic carbocycles. The van der Waals surface area contributed by atoms with Crippen molar-refractivity contribution in [1.82, 2.24) is 29.7 Å². The van der Waals surface area contributed by atoms with Crippen LogP contribution in [0.3, 0.4) is 0 Å². The van der Waals surface area contributed by atoms with E-state index < -0.39 is 0 Å². The van der Waals surface area contributed by atoms with E-state index in [2.05, 4.69) is 20.7 Å². The number of pyridine rings is 1. The first kappa shape index (κ1) is 30.2. The molecule has 5 rings (SSSR count). The van der Waals surface area contributed by atoms with E-state index in [1.54, 1.807) is 65.0 Å². The molecule has 2 aromatic heterocycles. The van der Waals surface area contributed by atoms with Gasteiger partial charge in [-0.25, -0.2) is 8.91 Å². The lowest BCUT2D eigenvalue weighted by Gasteiger charge is -2.19. The molecule has 0 unspecified atom stereocenters. The van der Waals surface area contributed by atoms with Gasteiger partial charge in [-0.05, 0) is 85.9 Å². The van der Waals surface area contributed by atoms with Gasteiger partial charge in [0.1, 0.15) is 11.6 Å². The number of halogens is 1. The summed E-state index contributed by atoms with van der Waals surface area (Å²) in [6, 6.07) is 24.1. The molecule has 0 aliphatic rings. The lowest BCUT2D eigenvalue weighted by Crippen LogP contribution is -2.33. The number of rotatable bonds is 12. The largest absolute Gasteiger partial charge is 0.473 e. The number of hydrogen-bond donors (Lipinski definition) is 2. The van der Waals surface area contributed by atoms with E-state index in [0.29, 0.717) is 41.6 Å². The van der Waals surface area contributed by atoms with Crippen molar-refractivity contribution in [1.29, 1.82) is 0 Å². The fourth-order valence-electron chi connectivity index (χ4n) is 4.38. The van der Waals surface area contributed by atoms with Crippen LogP contribution in [0.1, 0.15) is 26.3 Å². The molecule has 0 saturated carbocycles. The summed E-state index contributed by atoms with van der Waals surface area (Å²) in [5, 5.41) is 10.4. The molecule has 0 atom stereocenters. The molecular weight excluding hydrogens is 561 g/mol. The van der Waals surface area contributed by atoms with Crippen LogP contribution in [0.2, 0.25) is 0 Å². The third kappa shape index (κ3) is 7.75. The van der Waals surface area contributed by atoms with Crippen LogP contribution in [-0.4, -0.2) is 77.2 Å². The number of aromatic nitrogens is 3. The third-order valence-electron chi connectivity index (χ3n) is 6.98. The lowest BCUT2D eigenvalue weighted by atomic mass is 10.1. The molecule has 0 fully saturated rings. The third-order valence-corrected chi connectivity index (χ3v) is 6.98. The average molecular weight is 596 g/mol. The van der Waals surface area contributed by atoms with Gasteiger partial charge in [-0.3, -0.25) is 9.59 Å². The number of nitrogens with zero attached hydrogens (tertiary/aromatic N) is 5. The molecule has 0 spiro atoms. The topological polar surface area (TPSA) is 104 Å². The molecule has 0 aliphatic carbocycles. The van der Waals surface area contributed by atoms with E-state index in [1.165, 1.54) is 12.1 Å². The molecule has 5 aromatic rings. The van der Waals surface area contributed by atoms with Crippen LogP contribution < -0.4 is 15.4 Å². The van der Waals surface area contributed by atoms with Gasteiger partial charge in [-0.15, -0.1) is 5.10 Å². The van der Waals surface area contributed by atoms with Crippen LogP contribution in [0.4, 0.5) is 10.3 Å². The molecule has 0 bridgehead atoms. The fraction of sp³-hybridized carbons (Fsp3) is 0.212. The van der Waals surface area contributed by atoms with Crippen LogP contribution in [0.5, 0.6) is 5.75 Å². The monoisotopic (exact) mass is 595 g/mol. The van der Waals surface area contributed by atoms with Gasteiger partial charge >= 0.3 is 0 Å². The van der Waals surface area contributed by atoms with E-state index in [-0.39, 0.29) is 24.4 Å². The summed E-state index contributed by atoms with van der Waals surface area (Å²) in [6.07, 6.45) is 1.86. The average Bonchev–Trinajstić information content (AvgIpc) is 3.45. The van der Waals surface area contributed by atoms with Crippen molar-refractivity contribution in [2.75, 3.05) is 46.3 Å². The molecule has 226 valence electrons. The summed E-state index contributed by atoms with van der Waals surface area (Å²) in [4.78, 5) is 33.4. The maximum atomic E-state index is 13.1. The Hall–Kier alpha value is -5.29. The van der Waals surface area contributed by atoms with Gasteiger partial charge in [0.25, 0.3) is 11.8 Å². The molecule has 2 N–H and O–H groups in total. The summed E-state index contributed by atoms with van der Waals surface area (Å²) < 4.78 is 20.5. The van der Waals surface area contributed by atoms with Crippen molar-refractivity contribution < 1.29 is 18.7 Å². The predicted molar refractivity (Wildman–Crippen MR) is 167 cm³/mol. The zero-order chi connectivity index (χ0) is 31.1. The summed E-state index contributed by atoms with van der Waals surface area (Å²) >= 11 is 0. The lowest BCUT2D eigenvalue weighted by molar-refractivity contribution is 0.0786. The number of nitrogens with one attached hydrogen (secondary N) is 2. The molecule has 11 heteroatoms. The van der Waals surface area contributed by atoms with Crippen molar-refractivity contribution in [2.45, 2.75) is 6.54 Å². The van der Waals surface area contributed by atoms with E-state index in [0.717, 1.165) is 23.2 Å². The second kappa shape index (κ2) is 13.8. The van der Waals surface area contributed by atoms with E-state index in [1.807, 2.05) is 49.5 Å². The summed E-state index contributed by atoms with van der Waals surface area (Å²) in [6.45, 7) is 1.90. The molecule has 2 amide bonds. The van der Waals surface area contributed by atoms with Gasteiger partial charge in [0.2, 0.25) is 5.95 Å². The number of carbonyl (C=O) groups excluding carboxylic acids is 2. The number of hydrogen-bond acceptors (Lipinski definition) is 7. The predicted octanol–water partition coefficient (Wildman–Crippen LogP) is 4.55. The molecular formula is C33H34FN7O3. The number of ether oxygens (including phenoxy) is 1. The Balaban J connectivity index is 1.13. The van der Waals surface area contributed by atoms with Crippen LogP contribution >= 0.6 is 0 Å². The van der Waals surface area contributed by atoms with E-state index in [4.69, 9.17) is 4.74 Å². The molecule has 0 aliphatic heterocycles. The highest BCUT2D eigenvalue weighted by molar-refractivity contribution is 5.95. The van der Waals surface area contributed by atoms with Crippen LogP contribution in [-0.2, 0) is 6.54 Å². The second-order valence-corrected chi connectivity index (χ2v) is 10.6. The van der Waals surface area contributed by atoms with Gasteiger partial charge in [0, 0.05) is 49.6 Å². The fourth-order valence-corrected chi connectivity index (χ4v) is 4.38. The van der Waals surface area contributed by atoms with Crippen molar-refractivity contribution in [3.63, 3.8) is 0 Å². The number of anilines is 1. The number of carbonyl (C=O) groups is 2. The summed E-state index contributed by atoms with van der Waals surface area (Å²) in [5.41, 5.74) is 4.43. The van der Waals surface area contributed by atoms with Crippen molar-refractivity contribution in [2.24, 2.45) is 0 Å².